The SMILES string of the molecule is O=C(O)c1cc(Nc2cccnc2)ncc1[N+](=O)[O-]. The van der Waals surface area contributed by atoms with E-state index in [0.29, 0.717) is 5.69 Å². The molecule has 0 aliphatic carbocycles. The van der Waals surface area contributed by atoms with Gasteiger partial charge in [-0.3, -0.25) is 15.1 Å². The number of carboxylic acids is 1. The summed E-state index contributed by atoms with van der Waals surface area (Å²) in [5, 5.41) is 22.4. The van der Waals surface area contributed by atoms with E-state index in [0.717, 1.165) is 12.3 Å². The molecule has 0 saturated heterocycles. The lowest BCUT2D eigenvalue weighted by Crippen LogP contribution is -2.05. The highest BCUT2D eigenvalue weighted by molar-refractivity contribution is 5.93. The van der Waals surface area contributed by atoms with Crippen molar-refractivity contribution in [2.24, 2.45) is 0 Å². The quantitative estimate of drug-likeness (QED) is 0.635. The summed E-state index contributed by atoms with van der Waals surface area (Å²) in [6.45, 7) is 0. The van der Waals surface area contributed by atoms with Crippen LogP contribution in [-0.4, -0.2) is 26.0 Å². The maximum absolute atomic E-state index is 11.0. The van der Waals surface area contributed by atoms with E-state index in [4.69, 9.17) is 5.11 Å². The average molecular weight is 260 g/mol. The Hall–Kier alpha value is -3.03. The molecule has 2 heterocycles. The molecule has 2 aromatic rings. The van der Waals surface area contributed by atoms with E-state index >= 15 is 0 Å². The molecule has 8 heteroatoms. The molecule has 0 amide bonds. The zero-order valence-corrected chi connectivity index (χ0v) is 9.48. The van der Waals surface area contributed by atoms with Gasteiger partial charge in [-0.25, -0.2) is 9.78 Å². The second kappa shape index (κ2) is 5.08. The molecule has 0 unspecified atom stereocenters. The third kappa shape index (κ3) is 2.80. The maximum Gasteiger partial charge on any atom is 0.342 e. The molecule has 0 atom stereocenters. The predicted octanol–water partition coefficient (Wildman–Crippen LogP) is 1.83. The van der Waals surface area contributed by atoms with Crippen molar-refractivity contribution in [2.75, 3.05) is 5.32 Å². The largest absolute Gasteiger partial charge is 0.477 e. The van der Waals surface area contributed by atoms with E-state index in [9.17, 15) is 14.9 Å². The molecule has 0 aliphatic heterocycles. The highest BCUT2D eigenvalue weighted by Crippen LogP contribution is 2.22. The van der Waals surface area contributed by atoms with E-state index in [1.807, 2.05) is 0 Å². The van der Waals surface area contributed by atoms with Gasteiger partial charge in [-0.15, -0.1) is 0 Å². The molecule has 2 aromatic heterocycles. The van der Waals surface area contributed by atoms with Crippen LogP contribution in [0, 0.1) is 10.1 Å². The minimum absolute atomic E-state index is 0.191. The Labute approximate surface area is 106 Å². The highest BCUT2D eigenvalue weighted by atomic mass is 16.6. The maximum atomic E-state index is 11.0. The summed E-state index contributed by atoms with van der Waals surface area (Å²) in [6, 6.07) is 4.50. The molecular formula is C11H8N4O4. The lowest BCUT2D eigenvalue weighted by molar-refractivity contribution is -0.385. The number of nitro groups is 1. The van der Waals surface area contributed by atoms with Crippen molar-refractivity contribution in [1.82, 2.24) is 9.97 Å². The van der Waals surface area contributed by atoms with Crippen molar-refractivity contribution in [3.63, 3.8) is 0 Å². The Kier molecular flexibility index (Phi) is 3.33. The van der Waals surface area contributed by atoms with Crippen LogP contribution < -0.4 is 5.32 Å². The first kappa shape index (κ1) is 12.4. The first-order valence-corrected chi connectivity index (χ1v) is 5.12. The van der Waals surface area contributed by atoms with Crippen LogP contribution in [0.5, 0.6) is 0 Å². The summed E-state index contributed by atoms with van der Waals surface area (Å²) in [5.41, 5.74) is -0.379. The molecule has 0 fully saturated rings. The zero-order valence-electron chi connectivity index (χ0n) is 9.48. The molecule has 0 aliphatic rings. The van der Waals surface area contributed by atoms with Gasteiger partial charge in [0, 0.05) is 12.3 Å². The summed E-state index contributed by atoms with van der Waals surface area (Å²) in [4.78, 5) is 28.5. The normalized spacial score (nSPS) is 9.89. The monoisotopic (exact) mass is 260 g/mol. The predicted molar refractivity (Wildman–Crippen MR) is 65.4 cm³/mol. The number of nitrogens with one attached hydrogen (secondary N) is 1. The molecule has 0 spiro atoms. The van der Waals surface area contributed by atoms with Gasteiger partial charge in [0.2, 0.25) is 0 Å². The highest BCUT2D eigenvalue weighted by Gasteiger charge is 2.20. The summed E-state index contributed by atoms with van der Waals surface area (Å²) in [6.07, 6.45) is 4.00. The number of hydrogen-bond acceptors (Lipinski definition) is 6. The summed E-state index contributed by atoms with van der Waals surface area (Å²) in [5.74, 6) is -1.20. The molecule has 0 bridgehead atoms. The van der Waals surface area contributed by atoms with Gasteiger partial charge >= 0.3 is 11.7 Å². The molecule has 2 rings (SSSR count). The minimum atomic E-state index is -1.39. The zero-order chi connectivity index (χ0) is 13.8. The Balaban J connectivity index is 2.36. The fourth-order valence-electron chi connectivity index (χ4n) is 1.42. The van der Waals surface area contributed by atoms with Crippen molar-refractivity contribution in [3.8, 4) is 0 Å². The van der Waals surface area contributed by atoms with E-state index in [1.54, 1.807) is 18.3 Å². The Bertz CT molecular complexity index is 630. The van der Waals surface area contributed by atoms with Gasteiger partial charge in [-0.1, -0.05) is 0 Å². The van der Waals surface area contributed by atoms with Crippen LogP contribution >= 0.6 is 0 Å². The third-order valence-corrected chi connectivity index (χ3v) is 2.24. The van der Waals surface area contributed by atoms with Crippen LogP contribution in [0.4, 0.5) is 17.2 Å². The number of pyridine rings is 2. The number of aromatic carboxylic acids is 1. The first-order chi connectivity index (χ1) is 9.08. The fourth-order valence-corrected chi connectivity index (χ4v) is 1.42. The minimum Gasteiger partial charge on any atom is -0.477 e. The van der Waals surface area contributed by atoms with Gasteiger partial charge in [0.15, 0.2) is 0 Å². The molecule has 96 valence electrons. The molecule has 8 nitrogen and oxygen atoms in total. The van der Waals surface area contributed by atoms with Gasteiger partial charge in [-0.05, 0) is 12.1 Å². The van der Waals surface area contributed by atoms with E-state index in [-0.39, 0.29) is 5.82 Å². The summed E-state index contributed by atoms with van der Waals surface area (Å²) < 4.78 is 0. The molecule has 2 N–H and O–H groups in total. The van der Waals surface area contributed by atoms with Crippen molar-refractivity contribution < 1.29 is 14.8 Å². The van der Waals surface area contributed by atoms with Gasteiger partial charge < -0.3 is 10.4 Å². The second-order valence-corrected chi connectivity index (χ2v) is 3.52. The number of anilines is 2. The van der Waals surface area contributed by atoms with Crippen molar-refractivity contribution in [1.29, 1.82) is 0 Å². The fraction of sp³-hybridized carbons (Fsp3) is 0. The average Bonchev–Trinajstić information content (AvgIpc) is 2.39. The van der Waals surface area contributed by atoms with Crippen LogP contribution in [0.2, 0.25) is 0 Å². The van der Waals surface area contributed by atoms with Crippen LogP contribution in [-0.2, 0) is 0 Å². The molecule has 0 aromatic carbocycles. The van der Waals surface area contributed by atoms with Gasteiger partial charge in [0.1, 0.15) is 17.6 Å². The van der Waals surface area contributed by atoms with Gasteiger partial charge in [-0.2, -0.15) is 0 Å². The lowest BCUT2D eigenvalue weighted by Gasteiger charge is -2.05. The Morgan fingerprint density at radius 3 is 2.79 bits per heavy atom. The summed E-state index contributed by atoms with van der Waals surface area (Å²) in [7, 11) is 0. The van der Waals surface area contributed by atoms with Crippen LogP contribution in [0.15, 0.2) is 36.8 Å². The lowest BCUT2D eigenvalue weighted by atomic mass is 10.2. The van der Waals surface area contributed by atoms with Crippen molar-refractivity contribution in [3.05, 3.63) is 52.5 Å². The van der Waals surface area contributed by atoms with Crippen LogP contribution in [0.3, 0.4) is 0 Å². The van der Waals surface area contributed by atoms with E-state index < -0.39 is 22.1 Å². The molecule has 0 radical (unpaired) electrons. The van der Waals surface area contributed by atoms with Crippen LogP contribution in [0.25, 0.3) is 0 Å². The van der Waals surface area contributed by atoms with E-state index in [1.165, 1.54) is 6.20 Å². The molecule has 0 saturated carbocycles. The Morgan fingerprint density at radius 1 is 1.42 bits per heavy atom. The van der Waals surface area contributed by atoms with Gasteiger partial charge in [0.05, 0.1) is 16.8 Å². The van der Waals surface area contributed by atoms with Crippen LogP contribution in [0.1, 0.15) is 10.4 Å². The second-order valence-electron chi connectivity index (χ2n) is 3.52. The van der Waals surface area contributed by atoms with Crippen molar-refractivity contribution in [2.45, 2.75) is 0 Å². The molecular weight excluding hydrogens is 252 g/mol. The molecule has 19 heavy (non-hydrogen) atoms. The van der Waals surface area contributed by atoms with Gasteiger partial charge in [0.25, 0.3) is 0 Å². The number of carbonyl (C=O) groups is 1. The topological polar surface area (TPSA) is 118 Å². The number of nitrogens with zero attached hydrogens (tertiary/aromatic N) is 3. The standard InChI is InChI=1S/C11H8N4O4/c16-11(17)8-4-10(13-6-9(8)15(18)19)14-7-2-1-3-12-5-7/h1-6H,(H,13,14)(H,16,17). The smallest absolute Gasteiger partial charge is 0.342 e. The Morgan fingerprint density at radius 2 is 2.21 bits per heavy atom. The number of hydrogen-bond donors (Lipinski definition) is 2. The van der Waals surface area contributed by atoms with Crippen molar-refractivity contribution >= 4 is 23.2 Å². The number of rotatable bonds is 4. The number of carboxylic acid groups (broad SMARTS) is 1. The number of aromatic nitrogens is 2. The van der Waals surface area contributed by atoms with E-state index in [2.05, 4.69) is 15.3 Å². The third-order valence-electron chi connectivity index (χ3n) is 2.24. The summed E-state index contributed by atoms with van der Waals surface area (Å²) >= 11 is 0. The first-order valence-electron chi connectivity index (χ1n) is 5.12.